The van der Waals surface area contributed by atoms with Gasteiger partial charge in [0.25, 0.3) is 5.91 Å². The number of methoxy groups -OCH3 is 1. The van der Waals surface area contributed by atoms with Crippen LogP contribution in [-0.2, 0) is 14.3 Å². The van der Waals surface area contributed by atoms with E-state index in [1.165, 1.54) is 0 Å². The predicted octanol–water partition coefficient (Wildman–Crippen LogP) is -0.293. The van der Waals surface area contributed by atoms with Gasteiger partial charge in [0.15, 0.2) is 0 Å². The second-order valence-electron chi connectivity index (χ2n) is 5.59. The van der Waals surface area contributed by atoms with Gasteiger partial charge in [0, 0.05) is 46.4 Å². The van der Waals surface area contributed by atoms with Crippen LogP contribution >= 0.6 is 0 Å². The second-order valence-corrected chi connectivity index (χ2v) is 5.59. The lowest BCUT2D eigenvalue weighted by atomic mass is 10.1. The first-order chi connectivity index (χ1) is 9.70. The Balaban J connectivity index is 1.71. The summed E-state index contributed by atoms with van der Waals surface area (Å²) in [4.78, 5) is 16.4. The van der Waals surface area contributed by atoms with E-state index in [0.29, 0.717) is 19.8 Å². The summed E-state index contributed by atoms with van der Waals surface area (Å²) in [7, 11) is 1.59. The first kappa shape index (κ1) is 15.7. The summed E-state index contributed by atoms with van der Waals surface area (Å²) in [5, 5.41) is 9.71. The number of nitrogens with zero attached hydrogens (tertiary/aromatic N) is 2. The number of aliphatic hydroxyl groups excluding tert-OH is 1. The molecule has 1 N–H and O–H groups in total. The highest BCUT2D eigenvalue weighted by Gasteiger charge is 2.29. The van der Waals surface area contributed by atoms with Crippen molar-refractivity contribution in [2.24, 2.45) is 0 Å². The van der Waals surface area contributed by atoms with Crippen molar-refractivity contribution >= 4 is 5.91 Å². The first-order valence-corrected chi connectivity index (χ1v) is 7.50. The standard InChI is InChI=1S/C14H26N2O4/c1-19-11-12(17)10-15-5-7-16(8-6-15)14(18)13-4-2-3-9-20-13/h12-13,17H,2-11H2,1H3. The molecule has 0 aromatic rings. The van der Waals surface area contributed by atoms with Gasteiger partial charge in [0.1, 0.15) is 6.10 Å². The Morgan fingerprint density at radius 3 is 2.70 bits per heavy atom. The Morgan fingerprint density at radius 1 is 1.35 bits per heavy atom. The van der Waals surface area contributed by atoms with E-state index in [1.807, 2.05) is 4.90 Å². The molecule has 0 saturated carbocycles. The summed E-state index contributed by atoms with van der Waals surface area (Å²) >= 11 is 0. The fraction of sp³-hybridized carbons (Fsp3) is 0.929. The van der Waals surface area contributed by atoms with E-state index in [0.717, 1.165) is 45.4 Å². The topological polar surface area (TPSA) is 62.2 Å². The van der Waals surface area contributed by atoms with Crippen molar-refractivity contribution in [3.63, 3.8) is 0 Å². The van der Waals surface area contributed by atoms with Crippen LogP contribution in [0.3, 0.4) is 0 Å². The summed E-state index contributed by atoms with van der Waals surface area (Å²) < 4.78 is 10.5. The lowest BCUT2D eigenvalue weighted by Crippen LogP contribution is -2.53. The lowest BCUT2D eigenvalue weighted by Gasteiger charge is -2.37. The molecule has 2 rings (SSSR count). The highest BCUT2D eigenvalue weighted by atomic mass is 16.5. The van der Waals surface area contributed by atoms with Crippen LogP contribution in [0.1, 0.15) is 19.3 Å². The molecule has 0 radical (unpaired) electrons. The molecular weight excluding hydrogens is 260 g/mol. The second kappa shape index (κ2) is 7.93. The van der Waals surface area contributed by atoms with E-state index in [4.69, 9.17) is 9.47 Å². The maximum atomic E-state index is 12.3. The minimum absolute atomic E-state index is 0.141. The molecular formula is C14H26N2O4. The van der Waals surface area contributed by atoms with Crippen LogP contribution in [0.15, 0.2) is 0 Å². The van der Waals surface area contributed by atoms with Gasteiger partial charge in [-0.1, -0.05) is 0 Å². The van der Waals surface area contributed by atoms with Crippen LogP contribution in [0.25, 0.3) is 0 Å². The summed E-state index contributed by atoms with van der Waals surface area (Å²) in [6, 6.07) is 0. The number of carbonyl (C=O) groups is 1. The molecule has 0 aromatic carbocycles. The van der Waals surface area contributed by atoms with Crippen LogP contribution in [0.4, 0.5) is 0 Å². The average Bonchev–Trinajstić information content (AvgIpc) is 2.48. The molecule has 6 nitrogen and oxygen atoms in total. The number of carbonyl (C=O) groups excluding carboxylic acids is 1. The average molecular weight is 286 g/mol. The van der Waals surface area contributed by atoms with Crippen LogP contribution in [0.2, 0.25) is 0 Å². The highest BCUT2D eigenvalue weighted by Crippen LogP contribution is 2.16. The van der Waals surface area contributed by atoms with Gasteiger partial charge in [-0.05, 0) is 19.3 Å². The van der Waals surface area contributed by atoms with E-state index in [2.05, 4.69) is 4.90 Å². The van der Waals surface area contributed by atoms with Crippen LogP contribution in [0.5, 0.6) is 0 Å². The summed E-state index contributed by atoms with van der Waals surface area (Å²) in [6.45, 7) is 4.72. The summed E-state index contributed by atoms with van der Waals surface area (Å²) in [5.74, 6) is 0.141. The van der Waals surface area contributed by atoms with Crippen molar-refractivity contribution in [3.8, 4) is 0 Å². The van der Waals surface area contributed by atoms with E-state index in [1.54, 1.807) is 7.11 Å². The third-order valence-corrected chi connectivity index (χ3v) is 3.97. The third-order valence-electron chi connectivity index (χ3n) is 3.97. The molecule has 2 saturated heterocycles. The van der Waals surface area contributed by atoms with Gasteiger partial charge in [-0.3, -0.25) is 9.69 Å². The van der Waals surface area contributed by atoms with Crippen molar-refractivity contribution in [2.45, 2.75) is 31.5 Å². The quantitative estimate of drug-likeness (QED) is 0.752. The Labute approximate surface area is 120 Å². The van der Waals surface area contributed by atoms with E-state index in [-0.39, 0.29) is 12.0 Å². The Bertz CT molecular complexity index is 300. The molecule has 2 aliphatic rings. The molecule has 2 heterocycles. The number of rotatable bonds is 5. The number of β-amino-alcohol motifs (C(OH)–C–C–N with tert-alkyl or cyclic N) is 1. The van der Waals surface area contributed by atoms with E-state index < -0.39 is 6.10 Å². The number of piperazine rings is 1. The fourth-order valence-electron chi connectivity index (χ4n) is 2.83. The molecule has 0 aromatic heterocycles. The largest absolute Gasteiger partial charge is 0.389 e. The third kappa shape index (κ3) is 4.41. The molecule has 2 atom stereocenters. The van der Waals surface area contributed by atoms with Gasteiger partial charge in [-0.15, -0.1) is 0 Å². The number of ether oxygens (including phenoxy) is 2. The van der Waals surface area contributed by atoms with Gasteiger partial charge in [0.05, 0.1) is 12.7 Å². The van der Waals surface area contributed by atoms with Gasteiger partial charge in [0.2, 0.25) is 0 Å². The first-order valence-electron chi connectivity index (χ1n) is 7.50. The normalized spacial score (nSPS) is 26.5. The molecule has 0 aliphatic carbocycles. The maximum Gasteiger partial charge on any atom is 0.251 e. The fourth-order valence-corrected chi connectivity index (χ4v) is 2.83. The van der Waals surface area contributed by atoms with Gasteiger partial charge < -0.3 is 19.5 Å². The lowest BCUT2D eigenvalue weighted by molar-refractivity contribution is -0.148. The molecule has 2 aliphatic heterocycles. The molecule has 2 unspecified atom stereocenters. The van der Waals surface area contributed by atoms with Crippen molar-refractivity contribution in [1.29, 1.82) is 0 Å². The smallest absolute Gasteiger partial charge is 0.251 e. The van der Waals surface area contributed by atoms with Gasteiger partial charge in [-0.25, -0.2) is 0 Å². The van der Waals surface area contributed by atoms with E-state index >= 15 is 0 Å². The molecule has 1 amide bonds. The van der Waals surface area contributed by atoms with Crippen LogP contribution in [0, 0.1) is 0 Å². The summed E-state index contributed by atoms with van der Waals surface area (Å²) in [6.07, 6.45) is 2.32. The summed E-state index contributed by atoms with van der Waals surface area (Å²) in [5.41, 5.74) is 0. The monoisotopic (exact) mass is 286 g/mol. The van der Waals surface area contributed by atoms with Crippen molar-refractivity contribution in [1.82, 2.24) is 9.80 Å². The molecule has 116 valence electrons. The van der Waals surface area contributed by atoms with Crippen LogP contribution < -0.4 is 0 Å². The van der Waals surface area contributed by atoms with Crippen molar-refractivity contribution in [3.05, 3.63) is 0 Å². The zero-order valence-electron chi connectivity index (χ0n) is 12.3. The molecule has 2 fully saturated rings. The zero-order valence-corrected chi connectivity index (χ0v) is 12.3. The number of hydrogen-bond acceptors (Lipinski definition) is 5. The minimum atomic E-state index is -0.455. The molecule has 6 heteroatoms. The zero-order chi connectivity index (χ0) is 14.4. The Morgan fingerprint density at radius 2 is 2.10 bits per heavy atom. The predicted molar refractivity (Wildman–Crippen MR) is 74.5 cm³/mol. The van der Waals surface area contributed by atoms with Gasteiger partial charge in [-0.2, -0.15) is 0 Å². The Kier molecular flexibility index (Phi) is 6.22. The highest BCUT2D eigenvalue weighted by molar-refractivity contribution is 5.81. The van der Waals surface area contributed by atoms with Crippen molar-refractivity contribution in [2.75, 3.05) is 53.0 Å². The van der Waals surface area contributed by atoms with Crippen LogP contribution in [-0.4, -0.2) is 86.1 Å². The van der Waals surface area contributed by atoms with Crippen molar-refractivity contribution < 1.29 is 19.4 Å². The van der Waals surface area contributed by atoms with Gasteiger partial charge >= 0.3 is 0 Å². The maximum absolute atomic E-state index is 12.3. The number of hydrogen-bond donors (Lipinski definition) is 1. The van der Waals surface area contributed by atoms with E-state index in [9.17, 15) is 9.90 Å². The molecule has 0 spiro atoms. The SMILES string of the molecule is COCC(O)CN1CCN(C(=O)C2CCCCO2)CC1. The number of amides is 1. The Hall–Kier alpha value is -0.690. The molecule has 20 heavy (non-hydrogen) atoms. The minimum Gasteiger partial charge on any atom is -0.389 e. The molecule has 0 bridgehead atoms. The number of aliphatic hydroxyl groups is 1.